The topological polar surface area (TPSA) is 51.7 Å². The van der Waals surface area contributed by atoms with E-state index in [2.05, 4.69) is 4.98 Å². The van der Waals surface area contributed by atoms with Crippen LogP contribution in [0.3, 0.4) is 0 Å². The molecule has 0 radical (unpaired) electrons. The van der Waals surface area contributed by atoms with Crippen LogP contribution in [-0.4, -0.2) is 29.6 Å². The average molecular weight is 340 g/mol. The average Bonchev–Trinajstić information content (AvgIpc) is 3.25. The van der Waals surface area contributed by atoms with E-state index in [1.807, 2.05) is 31.2 Å². The number of aromatic nitrogens is 1. The second-order valence-corrected chi connectivity index (χ2v) is 6.74. The summed E-state index contributed by atoms with van der Waals surface area (Å²) in [6.45, 7) is 2.19. The van der Waals surface area contributed by atoms with Crippen molar-refractivity contribution in [3.05, 3.63) is 53.0 Å². The van der Waals surface area contributed by atoms with E-state index in [1.54, 1.807) is 41.5 Å². The van der Waals surface area contributed by atoms with Gasteiger partial charge in [0.15, 0.2) is 11.5 Å². The molecule has 1 atom stereocenters. The Hall–Kier alpha value is -2.60. The summed E-state index contributed by atoms with van der Waals surface area (Å²) >= 11 is 1.62. The van der Waals surface area contributed by atoms with Crippen LogP contribution in [-0.2, 0) is 0 Å². The molecule has 24 heavy (non-hydrogen) atoms. The van der Waals surface area contributed by atoms with Crippen molar-refractivity contribution >= 4 is 27.5 Å². The van der Waals surface area contributed by atoms with Crippen LogP contribution < -0.4 is 9.47 Å². The number of thiazole rings is 1. The van der Waals surface area contributed by atoms with Crippen LogP contribution in [0.4, 0.5) is 0 Å². The summed E-state index contributed by atoms with van der Waals surface area (Å²) in [5.41, 5.74) is 1.54. The van der Waals surface area contributed by atoms with Gasteiger partial charge >= 0.3 is 0 Å². The first kappa shape index (κ1) is 15.0. The van der Waals surface area contributed by atoms with Crippen LogP contribution in [0.25, 0.3) is 10.2 Å². The lowest BCUT2D eigenvalue weighted by Gasteiger charge is -2.23. The second-order valence-electron chi connectivity index (χ2n) is 5.68. The van der Waals surface area contributed by atoms with Gasteiger partial charge in [-0.1, -0.05) is 12.1 Å². The monoisotopic (exact) mass is 340 g/mol. The number of amides is 1. The van der Waals surface area contributed by atoms with Crippen molar-refractivity contribution in [1.29, 1.82) is 0 Å². The molecule has 0 fully saturated rings. The minimum Gasteiger partial charge on any atom is -0.454 e. The molecular formula is C18H16N2O3S. The molecular weight excluding hydrogens is 324 g/mol. The molecule has 6 heteroatoms. The van der Waals surface area contributed by atoms with Gasteiger partial charge in [-0.15, -0.1) is 11.3 Å². The van der Waals surface area contributed by atoms with Crippen LogP contribution in [0.1, 0.15) is 28.3 Å². The molecule has 3 aromatic rings. The van der Waals surface area contributed by atoms with Gasteiger partial charge in [-0.05, 0) is 37.3 Å². The lowest BCUT2D eigenvalue weighted by molar-refractivity contribution is 0.0742. The summed E-state index contributed by atoms with van der Waals surface area (Å²) in [4.78, 5) is 19.1. The van der Waals surface area contributed by atoms with Gasteiger partial charge in [-0.2, -0.15) is 0 Å². The normalized spacial score (nSPS) is 13.9. The first-order chi connectivity index (χ1) is 11.6. The maximum absolute atomic E-state index is 12.8. The Kier molecular flexibility index (Phi) is 3.61. The molecule has 2 heterocycles. The standard InChI is InChI=1S/C18H16N2O3S/c1-11(17-19-13-5-3-4-6-16(13)24-17)20(2)18(21)12-7-8-14-15(9-12)23-10-22-14/h3-9,11H,10H2,1-2H3. The Morgan fingerprint density at radius 1 is 1.21 bits per heavy atom. The van der Waals surface area contributed by atoms with E-state index in [9.17, 15) is 4.79 Å². The maximum Gasteiger partial charge on any atom is 0.254 e. The van der Waals surface area contributed by atoms with Gasteiger partial charge in [0.25, 0.3) is 5.91 Å². The largest absolute Gasteiger partial charge is 0.454 e. The van der Waals surface area contributed by atoms with Gasteiger partial charge in [0, 0.05) is 12.6 Å². The van der Waals surface area contributed by atoms with E-state index in [4.69, 9.17) is 9.47 Å². The summed E-state index contributed by atoms with van der Waals surface area (Å²) < 4.78 is 11.8. The number of benzene rings is 2. The lowest BCUT2D eigenvalue weighted by Crippen LogP contribution is -2.29. The van der Waals surface area contributed by atoms with Crippen LogP contribution in [0.15, 0.2) is 42.5 Å². The molecule has 1 aliphatic heterocycles. The molecule has 0 aliphatic carbocycles. The third kappa shape index (κ3) is 2.49. The van der Waals surface area contributed by atoms with Crippen molar-refractivity contribution in [2.75, 3.05) is 13.8 Å². The smallest absolute Gasteiger partial charge is 0.254 e. The van der Waals surface area contributed by atoms with Crippen LogP contribution >= 0.6 is 11.3 Å². The molecule has 0 spiro atoms. The lowest BCUT2D eigenvalue weighted by atomic mass is 10.1. The Labute approximate surface area is 143 Å². The molecule has 5 nitrogen and oxygen atoms in total. The van der Waals surface area contributed by atoms with Gasteiger partial charge in [0.1, 0.15) is 5.01 Å². The van der Waals surface area contributed by atoms with E-state index >= 15 is 0 Å². The summed E-state index contributed by atoms with van der Waals surface area (Å²) in [6, 6.07) is 13.1. The van der Waals surface area contributed by atoms with E-state index in [0.29, 0.717) is 17.1 Å². The zero-order valence-electron chi connectivity index (χ0n) is 13.4. The van der Waals surface area contributed by atoms with Gasteiger partial charge in [-0.3, -0.25) is 4.79 Å². The number of ether oxygens (including phenoxy) is 2. The number of para-hydroxylation sites is 1. The third-order valence-corrected chi connectivity index (χ3v) is 5.40. The Morgan fingerprint density at radius 2 is 2.00 bits per heavy atom. The van der Waals surface area contributed by atoms with E-state index in [-0.39, 0.29) is 18.7 Å². The van der Waals surface area contributed by atoms with E-state index in [1.165, 1.54) is 0 Å². The molecule has 2 aromatic carbocycles. The second kappa shape index (κ2) is 5.79. The highest BCUT2D eigenvalue weighted by molar-refractivity contribution is 7.18. The summed E-state index contributed by atoms with van der Waals surface area (Å²) in [7, 11) is 1.80. The molecule has 0 saturated heterocycles. The highest BCUT2D eigenvalue weighted by Crippen LogP contribution is 2.34. The number of hydrogen-bond donors (Lipinski definition) is 0. The van der Waals surface area contributed by atoms with Gasteiger partial charge in [0.2, 0.25) is 6.79 Å². The Bertz CT molecular complexity index is 889. The molecule has 0 saturated carbocycles. The summed E-state index contributed by atoms with van der Waals surface area (Å²) in [5, 5.41) is 0.924. The molecule has 122 valence electrons. The van der Waals surface area contributed by atoms with Crippen molar-refractivity contribution in [2.24, 2.45) is 0 Å². The minimum absolute atomic E-state index is 0.0694. The number of carbonyl (C=O) groups is 1. The summed E-state index contributed by atoms with van der Waals surface area (Å²) in [5.74, 6) is 1.22. The number of fused-ring (bicyclic) bond motifs is 2. The van der Waals surface area contributed by atoms with Crippen molar-refractivity contribution in [1.82, 2.24) is 9.88 Å². The first-order valence-corrected chi connectivity index (χ1v) is 8.47. The molecule has 1 aromatic heterocycles. The molecule has 0 N–H and O–H groups in total. The van der Waals surface area contributed by atoms with Gasteiger partial charge in [0.05, 0.1) is 16.3 Å². The number of hydrogen-bond acceptors (Lipinski definition) is 5. The molecule has 0 bridgehead atoms. The fraction of sp³-hybridized carbons (Fsp3) is 0.222. The molecule has 4 rings (SSSR count). The first-order valence-electron chi connectivity index (χ1n) is 7.66. The van der Waals surface area contributed by atoms with Crippen LogP contribution in [0.5, 0.6) is 11.5 Å². The third-order valence-electron chi connectivity index (χ3n) is 4.19. The van der Waals surface area contributed by atoms with Crippen molar-refractivity contribution in [3.8, 4) is 11.5 Å². The van der Waals surface area contributed by atoms with Crippen molar-refractivity contribution in [3.63, 3.8) is 0 Å². The highest BCUT2D eigenvalue weighted by Gasteiger charge is 2.23. The van der Waals surface area contributed by atoms with Crippen molar-refractivity contribution in [2.45, 2.75) is 13.0 Å². The fourth-order valence-electron chi connectivity index (χ4n) is 2.64. The van der Waals surface area contributed by atoms with E-state index < -0.39 is 0 Å². The van der Waals surface area contributed by atoms with Crippen LogP contribution in [0.2, 0.25) is 0 Å². The zero-order valence-corrected chi connectivity index (χ0v) is 14.2. The minimum atomic E-state index is -0.111. The maximum atomic E-state index is 12.8. The number of carbonyl (C=O) groups excluding carboxylic acids is 1. The van der Waals surface area contributed by atoms with Gasteiger partial charge in [-0.25, -0.2) is 4.98 Å². The Balaban J connectivity index is 1.59. The SMILES string of the molecule is CC(c1nc2ccccc2s1)N(C)C(=O)c1ccc2c(c1)OCO2. The molecule has 1 aliphatic rings. The summed E-state index contributed by atoms with van der Waals surface area (Å²) in [6.07, 6.45) is 0. The number of rotatable bonds is 3. The number of nitrogens with zero attached hydrogens (tertiary/aromatic N) is 2. The predicted octanol–water partition coefficient (Wildman–Crippen LogP) is 3.86. The fourth-order valence-corrected chi connectivity index (χ4v) is 3.71. The van der Waals surface area contributed by atoms with E-state index in [0.717, 1.165) is 15.2 Å². The quantitative estimate of drug-likeness (QED) is 0.726. The van der Waals surface area contributed by atoms with Crippen LogP contribution in [0, 0.1) is 0 Å². The van der Waals surface area contributed by atoms with Gasteiger partial charge < -0.3 is 14.4 Å². The van der Waals surface area contributed by atoms with Crippen molar-refractivity contribution < 1.29 is 14.3 Å². The zero-order chi connectivity index (χ0) is 16.7. The molecule has 1 amide bonds. The highest BCUT2D eigenvalue weighted by atomic mass is 32.1. The molecule has 1 unspecified atom stereocenters. The Morgan fingerprint density at radius 3 is 2.83 bits per heavy atom. The predicted molar refractivity (Wildman–Crippen MR) is 92.7 cm³/mol.